The number of pyridine rings is 1. The van der Waals surface area contributed by atoms with Crippen molar-refractivity contribution in [1.29, 1.82) is 0 Å². The van der Waals surface area contributed by atoms with E-state index in [0.717, 1.165) is 25.0 Å². The molecule has 3 N–H and O–H groups in total. The van der Waals surface area contributed by atoms with Crippen molar-refractivity contribution in [3.05, 3.63) is 64.2 Å². The zero-order valence-electron chi connectivity index (χ0n) is 19.8. The van der Waals surface area contributed by atoms with E-state index in [1.54, 1.807) is 26.0 Å². The maximum Gasteiger partial charge on any atom is 0.416 e. The standard InChI is InChI=1S/C26H26F4N4O2/c1-14(2)25(36)32-13-17-7-10-19(26(28,29)30)22(23(17)27)24-33-20(11-21(35)34-24)16-6-9-18(31-12-16)8-5-15-3-4-15/h6-7,9-10,12,14-15,20,24,33H,3-4,11,13H2,1-2H3,(H,32,36)(H,34,35). The predicted octanol–water partition coefficient (Wildman–Crippen LogP) is 4.12. The van der Waals surface area contributed by atoms with Gasteiger partial charge >= 0.3 is 6.18 Å². The number of alkyl halides is 3. The van der Waals surface area contributed by atoms with Gasteiger partial charge in [0.2, 0.25) is 11.8 Å². The first-order valence-electron chi connectivity index (χ1n) is 11.7. The molecule has 2 heterocycles. The summed E-state index contributed by atoms with van der Waals surface area (Å²) in [5.41, 5.74) is -0.923. The van der Waals surface area contributed by atoms with Gasteiger partial charge in [0.1, 0.15) is 17.7 Å². The average Bonchev–Trinajstić information content (AvgIpc) is 3.65. The molecule has 0 spiro atoms. The predicted molar refractivity (Wildman–Crippen MR) is 123 cm³/mol. The van der Waals surface area contributed by atoms with E-state index in [1.165, 1.54) is 6.20 Å². The average molecular weight is 503 g/mol. The SMILES string of the molecule is CC(C)C(=O)NCc1ccc(C(F)(F)F)c(C2NC(=O)CC(c3ccc(C#CC4CC4)nc3)N2)c1F. The number of amides is 2. The van der Waals surface area contributed by atoms with Crippen LogP contribution in [-0.2, 0) is 22.3 Å². The lowest BCUT2D eigenvalue weighted by Gasteiger charge is -2.33. The number of nitrogens with one attached hydrogen (secondary N) is 3. The second kappa shape index (κ2) is 10.3. The van der Waals surface area contributed by atoms with E-state index in [1.807, 2.05) is 0 Å². The Hall–Kier alpha value is -3.45. The third-order valence-electron chi connectivity index (χ3n) is 6.06. The molecule has 6 nitrogen and oxygen atoms in total. The Morgan fingerprint density at radius 3 is 2.58 bits per heavy atom. The van der Waals surface area contributed by atoms with Gasteiger partial charge in [0.25, 0.3) is 0 Å². The molecule has 2 aliphatic rings. The molecule has 2 unspecified atom stereocenters. The molecule has 1 saturated carbocycles. The summed E-state index contributed by atoms with van der Waals surface area (Å²) in [5.74, 6) is 4.07. The van der Waals surface area contributed by atoms with Crippen LogP contribution < -0.4 is 16.0 Å². The molecule has 2 aromatic rings. The number of carbonyl (C=O) groups is 2. The highest BCUT2D eigenvalue weighted by Gasteiger charge is 2.40. The molecule has 36 heavy (non-hydrogen) atoms. The molecule has 0 bridgehead atoms. The molecule has 2 atom stereocenters. The number of nitrogens with zero attached hydrogens (tertiary/aromatic N) is 1. The van der Waals surface area contributed by atoms with Crippen molar-refractivity contribution in [3.8, 4) is 11.8 Å². The fourth-order valence-electron chi connectivity index (χ4n) is 3.86. The van der Waals surface area contributed by atoms with Gasteiger partial charge in [-0.25, -0.2) is 9.37 Å². The van der Waals surface area contributed by atoms with E-state index in [4.69, 9.17) is 0 Å². The molecule has 1 aliphatic carbocycles. The number of hydrogen-bond acceptors (Lipinski definition) is 4. The van der Waals surface area contributed by atoms with Crippen molar-refractivity contribution in [3.63, 3.8) is 0 Å². The fraction of sp³-hybridized carbons (Fsp3) is 0.423. The van der Waals surface area contributed by atoms with Crippen LogP contribution in [0.1, 0.15) is 73.3 Å². The Labute approximate surface area is 206 Å². The van der Waals surface area contributed by atoms with Gasteiger partial charge in [-0.2, -0.15) is 13.2 Å². The summed E-state index contributed by atoms with van der Waals surface area (Å²) in [7, 11) is 0. The van der Waals surface area contributed by atoms with Gasteiger partial charge in [-0.15, -0.1) is 0 Å². The van der Waals surface area contributed by atoms with Crippen LogP contribution >= 0.6 is 0 Å². The maximum atomic E-state index is 15.5. The van der Waals surface area contributed by atoms with Gasteiger partial charge in [-0.05, 0) is 36.5 Å². The molecule has 1 aromatic heterocycles. The minimum absolute atomic E-state index is 0.0572. The van der Waals surface area contributed by atoms with Gasteiger partial charge in [0, 0.05) is 48.2 Å². The number of carbonyl (C=O) groups excluding carboxylic acids is 2. The van der Waals surface area contributed by atoms with Gasteiger partial charge in [0.15, 0.2) is 0 Å². The van der Waals surface area contributed by atoms with Gasteiger partial charge in [-0.3, -0.25) is 14.9 Å². The third kappa shape index (κ3) is 6.02. The molecule has 4 rings (SSSR count). The van der Waals surface area contributed by atoms with E-state index in [9.17, 15) is 22.8 Å². The molecule has 2 amide bonds. The first-order valence-corrected chi connectivity index (χ1v) is 11.7. The molecule has 1 saturated heterocycles. The van der Waals surface area contributed by atoms with Crippen molar-refractivity contribution < 1.29 is 27.2 Å². The summed E-state index contributed by atoms with van der Waals surface area (Å²) in [5, 5.41) is 7.86. The molecule has 10 heteroatoms. The maximum absolute atomic E-state index is 15.5. The summed E-state index contributed by atoms with van der Waals surface area (Å²) < 4.78 is 57.0. The highest BCUT2D eigenvalue weighted by atomic mass is 19.4. The smallest absolute Gasteiger partial charge is 0.352 e. The number of hydrogen-bond donors (Lipinski definition) is 3. The first-order chi connectivity index (χ1) is 17.0. The van der Waals surface area contributed by atoms with E-state index >= 15 is 4.39 Å². The van der Waals surface area contributed by atoms with Crippen LogP contribution in [0.5, 0.6) is 0 Å². The first kappa shape index (κ1) is 25.6. The Kier molecular flexibility index (Phi) is 7.31. The lowest BCUT2D eigenvalue weighted by atomic mass is 9.95. The van der Waals surface area contributed by atoms with Gasteiger partial charge in [0.05, 0.1) is 5.56 Å². The second-order valence-electron chi connectivity index (χ2n) is 9.31. The summed E-state index contributed by atoms with van der Waals surface area (Å²) in [6, 6.07) is 4.47. The van der Waals surface area contributed by atoms with Crippen molar-refractivity contribution in [1.82, 2.24) is 20.9 Å². The largest absolute Gasteiger partial charge is 0.416 e. The van der Waals surface area contributed by atoms with Crippen LogP contribution in [0.25, 0.3) is 0 Å². The number of halogens is 4. The Morgan fingerprint density at radius 2 is 1.97 bits per heavy atom. The van der Waals surface area contributed by atoms with Crippen LogP contribution in [0.2, 0.25) is 0 Å². The molecule has 190 valence electrons. The quantitative estimate of drug-likeness (QED) is 0.424. The lowest BCUT2D eigenvalue weighted by Crippen LogP contribution is -2.47. The molecule has 1 aromatic carbocycles. The van der Waals surface area contributed by atoms with Crippen molar-refractivity contribution >= 4 is 11.8 Å². The van der Waals surface area contributed by atoms with Crippen LogP contribution in [-0.4, -0.2) is 16.8 Å². The summed E-state index contributed by atoms with van der Waals surface area (Å²) in [4.78, 5) is 28.6. The van der Waals surface area contributed by atoms with Crippen LogP contribution in [0.4, 0.5) is 17.6 Å². The summed E-state index contributed by atoms with van der Waals surface area (Å²) in [6.45, 7) is 3.00. The Balaban J connectivity index is 1.62. The van der Waals surface area contributed by atoms with E-state index in [2.05, 4.69) is 32.8 Å². The summed E-state index contributed by atoms with van der Waals surface area (Å²) in [6.07, 6.45) is -2.69. The highest BCUT2D eigenvalue weighted by molar-refractivity contribution is 5.78. The number of benzene rings is 1. The minimum atomic E-state index is -4.86. The van der Waals surface area contributed by atoms with Crippen LogP contribution in [0.3, 0.4) is 0 Å². The minimum Gasteiger partial charge on any atom is -0.352 e. The van der Waals surface area contributed by atoms with E-state index in [0.29, 0.717) is 17.2 Å². The van der Waals surface area contributed by atoms with E-state index in [-0.39, 0.29) is 30.4 Å². The fourth-order valence-corrected chi connectivity index (χ4v) is 3.86. The monoisotopic (exact) mass is 502 g/mol. The number of aromatic nitrogens is 1. The van der Waals surface area contributed by atoms with E-state index < -0.39 is 41.2 Å². The van der Waals surface area contributed by atoms with Gasteiger partial charge < -0.3 is 10.6 Å². The van der Waals surface area contributed by atoms with Crippen LogP contribution in [0, 0.1) is 29.5 Å². The van der Waals surface area contributed by atoms with Crippen molar-refractivity contribution in [2.24, 2.45) is 11.8 Å². The molecule has 2 fully saturated rings. The number of rotatable bonds is 5. The molecule has 0 radical (unpaired) electrons. The van der Waals surface area contributed by atoms with Crippen LogP contribution in [0.15, 0.2) is 30.5 Å². The molecule has 1 aliphatic heterocycles. The Morgan fingerprint density at radius 1 is 1.22 bits per heavy atom. The third-order valence-corrected chi connectivity index (χ3v) is 6.06. The molecular weight excluding hydrogens is 476 g/mol. The van der Waals surface area contributed by atoms with Crippen molar-refractivity contribution in [2.45, 2.75) is 58.0 Å². The molecular formula is C26H26F4N4O2. The normalized spacial score (nSPS) is 19.9. The summed E-state index contributed by atoms with van der Waals surface area (Å²) >= 11 is 0. The second-order valence-corrected chi connectivity index (χ2v) is 9.31. The zero-order valence-corrected chi connectivity index (χ0v) is 19.8. The van der Waals surface area contributed by atoms with Crippen molar-refractivity contribution in [2.75, 3.05) is 0 Å². The van der Waals surface area contributed by atoms with Gasteiger partial charge in [-0.1, -0.05) is 31.9 Å². The Bertz CT molecular complexity index is 1210. The highest BCUT2D eigenvalue weighted by Crippen LogP contribution is 2.38. The lowest BCUT2D eigenvalue weighted by molar-refractivity contribution is -0.139. The zero-order chi connectivity index (χ0) is 26.0. The topological polar surface area (TPSA) is 83.1 Å².